The Balaban J connectivity index is 2.18. The van der Waals surface area contributed by atoms with Crippen molar-refractivity contribution in [1.82, 2.24) is 10.3 Å². The van der Waals surface area contributed by atoms with Crippen molar-refractivity contribution in [1.29, 1.82) is 0 Å². The van der Waals surface area contributed by atoms with E-state index in [1.165, 1.54) is 17.4 Å². The molecule has 5 heteroatoms. The van der Waals surface area contributed by atoms with Crippen LogP contribution in [-0.4, -0.2) is 11.5 Å². The van der Waals surface area contributed by atoms with Gasteiger partial charge in [-0.2, -0.15) is 0 Å². The number of nitrogens with one attached hydrogen (secondary N) is 1. The van der Waals surface area contributed by atoms with Crippen LogP contribution in [0.4, 0.5) is 4.39 Å². The van der Waals surface area contributed by atoms with Crippen molar-refractivity contribution in [3.05, 3.63) is 40.1 Å². The molecule has 0 saturated carbocycles. The highest BCUT2D eigenvalue weighted by Crippen LogP contribution is 2.28. The summed E-state index contributed by atoms with van der Waals surface area (Å²) in [6.45, 7) is 5.17. The van der Waals surface area contributed by atoms with E-state index < -0.39 is 5.82 Å². The summed E-state index contributed by atoms with van der Waals surface area (Å²) >= 11 is 7.20. The van der Waals surface area contributed by atoms with E-state index in [0.717, 1.165) is 29.2 Å². The summed E-state index contributed by atoms with van der Waals surface area (Å²) < 4.78 is 13.4. The lowest BCUT2D eigenvalue weighted by molar-refractivity contribution is 0.561. The lowest BCUT2D eigenvalue weighted by Gasteiger charge is -2.09. The van der Waals surface area contributed by atoms with E-state index in [4.69, 9.17) is 11.6 Å². The number of benzene rings is 1. The zero-order chi connectivity index (χ0) is 13.8. The van der Waals surface area contributed by atoms with Crippen molar-refractivity contribution < 1.29 is 4.39 Å². The number of nitrogens with zero attached hydrogens (tertiary/aromatic N) is 1. The van der Waals surface area contributed by atoms with Gasteiger partial charge in [-0.25, -0.2) is 9.37 Å². The molecule has 0 spiro atoms. The Bertz CT molecular complexity index is 556. The molecular weight excluding hydrogens is 283 g/mol. The molecule has 1 atom stereocenters. The Labute approximate surface area is 121 Å². The minimum absolute atomic E-state index is 0.138. The third-order valence-corrected chi connectivity index (χ3v) is 4.05. The van der Waals surface area contributed by atoms with Crippen LogP contribution in [0.3, 0.4) is 0 Å². The molecule has 0 aliphatic rings. The maximum atomic E-state index is 13.4. The Morgan fingerprint density at radius 2 is 2.26 bits per heavy atom. The van der Waals surface area contributed by atoms with Gasteiger partial charge in [0, 0.05) is 17.0 Å². The molecule has 0 fully saturated rings. The molecule has 1 aromatic carbocycles. The molecule has 102 valence electrons. The van der Waals surface area contributed by atoms with E-state index in [1.54, 1.807) is 12.1 Å². The van der Waals surface area contributed by atoms with Gasteiger partial charge >= 0.3 is 0 Å². The molecule has 2 nitrogen and oxygen atoms in total. The maximum Gasteiger partial charge on any atom is 0.142 e. The molecule has 19 heavy (non-hydrogen) atoms. The first-order valence-corrected chi connectivity index (χ1v) is 7.51. The zero-order valence-corrected chi connectivity index (χ0v) is 12.5. The van der Waals surface area contributed by atoms with Crippen molar-refractivity contribution >= 4 is 22.9 Å². The van der Waals surface area contributed by atoms with Crippen LogP contribution in [0.15, 0.2) is 23.6 Å². The van der Waals surface area contributed by atoms with Gasteiger partial charge in [0.15, 0.2) is 0 Å². The molecule has 1 unspecified atom stereocenters. The van der Waals surface area contributed by atoms with Gasteiger partial charge in [-0.15, -0.1) is 11.3 Å². The molecule has 2 aromatic rings. The van der Waals surface area contributed by atoms with E-state index in [1.807, 2.05) is 5.38 Å². The molecule has 0 radical (unpaired) electrons. The smallest absolute Gasteiger partial charge is 0.142 e. The number of halogens is 2. The summed E-state index contributed by atoms with van der Waals surface area (Å²) in [5.41, 5.74) is 1.75. The summed E-state index contributed by atoms with van der Waals surface area (Å²) in [5, 5.41) is 6.34. The van der Waals surface area contributed by atoms with E-state index in [0.29, 0.717) is 0 Å². The minimum Gasteiger partial charge on any atom is -0.309 e. The summed E-state index contributed by atoms with van der Waals surface area (Å²) in [6, 6.07) is 4.99. The van der Waals surface area contributed by atoms with Crippen LogP contribution in [0.5, 0.6) is 0 Å². The van der Waals surface area contributed by atoms with Crippen LogP contribution >= 0.6 is 22.9 Å². The third kappa shape index (κ3) is 3.53. The van der Waals surface area contributed by atoms with Crippen molar-refractivity contribution in [2.45, 2.75) is 26.3 Å². The van der Waals surface area contributed by atoms with Gasteiger partial charge in [-0.1, -0.05) is 24.6 Å². The lowest BCUT2D eigenvalue weighted by atomic mass is 10.2. The second-order valence-electron chi connectivity index (χ2n) is 4.38. The fourth-order valence-corrected chi connectivity index (χ4v) is 2.74. The summed E-state index contributed by atoms with van der Waals surface area (Å²) in [4.78, 5) is 4.55. The molecule has 1 aromatic heterocycles. The highest BCUT2D eigenvalue weighted by Gasteiger charge is 2.11. The summed E-state index contributed by atoms with van der Waals surface area (Å²) in [6.07, 6.45) is 1.09. The average Bonchev–Trinajstić information content (AvgIpc) is 2.89. The first-order chi connectivity index (χ1) is 9.11. The topological polar surface area (TPSA) is 24.9 Å². The molecule has 0 saturated heterocycles. The van der Waals surface area contributed by atoms with Crippen molar-refractivity contribution in [3.63, 3.8) is 0 Å². The molecule has 0 aliphatic heterocycles. The monoisotopic (exact) mass is 298 g/mol. The van der Waals surface area contributed by atoms with Crippen LogP contribution in [0, 0.1) is 5.82 Å². The van der Waals surface area contributed by atoms with E-state index >= 15 is 0 Å². The summed E-state index contributed by atoms with van der Waals surface area (Å²) in [5.74, 6) is -0.409. The van der Waals surface area contributed by atoms with Crippen LogP contribution in [0.2, 0.25) is 5.02 Å². The molecule has 2 rings (SSSR count). The molecular formula is C14H16ClFN2S. The highest BCUT2D eigenvalue weighted by molar-refractivity contribution is 7.13. The van der Waals surface area contributed by atoms with Gasteiger partial charge in [0.1, 0.15) is 10.8 Å². The Morgan fingerprint density at radius 3 is 2.95 bits per heavy atom. The number of thiazole rings is 1. The first kappa shape index (κ1) is 14.4. The molecule has 1 heterocycles. The third-order valence-electron chi connectivity index (χ3n) is 2.83. The van der Waals surface area contributed by atoms with Gasteiger partial charge in [0.25, 0.3) is 0 Å². The highest BCUT2D eigenvalue weighted by atomic mass is 35.5. The van der Waals surface area contributed by atoms with E-state index in [9.17, 15) is 4.39 Å². The second kappa shape index (κ2) is 6.46. The maximum absolute atomic E-state index is 13.4. The Kier molecular flexibility index (Phi) is 4.91. The number of hydrogen-bond donors (Lipinski definition) is 1. The Morgan fingerprint density at radius 1 is 1.47 bits per heavy atom. The number of rotatable bonds is 5. The molecule has 1 N–H and O–H groups in total. The van der Waals surface area contributed by atoms with Crippen LogP contribution in [0.1, 0.15) is 32.0 Å². The molecule has 0 amide bonds. The van der Waals surface area contributed by atoms with Crippen LogP contribution < -0.4 is 5.32 Å². The van der Waals surface area contributed by atoms with Crippen molar-refractivity contribution in [2.24, 2.45) is 0 Å². The van der Waals surface area contributed by atoms with Crippen LogP contribution in [0.25, 0.3) is 10.6 Å². The van der Waals surface area contributed by atoms with Gasteiger partial charge < -0.3 is 5.32 Å². The van der Waals surface area contributed by atoms with Gasteiger partial charge in [-0.05, 0) is 32.0 Å². The van der Waals surface area contributed by atoms with E-state index in [-0.39, 0.29) is 11.1 Å². The van der Waals surface area contributed by atoms with Crippen molar-refractivity contribution in [2.75, 3.05) is 6.54 Å². The number of hydrogen-bond acceptors (Lipinski definition) is 3. The zero-order valence-electron chi connectivity index (χ0n) is 10.9. The normalized spacial score (nSPS) is 12.6. The first-order valence-electron chi connectivity index (χ1n) is 6.26. The predicted octanol–water partition coefficient (Wildman–Crippen LogP) is 4.66. The molecule has 0 aliphatic carbocycles. The average molecular weight is 299 g/mol. The van der Waals surface area contributed by atoms with Gasteiger partial charge in [0.2, 0.25) is 0 Å². The SMILES string of the molecule is CCCNC(C)c1csc(-c2ccc(Cl)c(F)c2)n1. The quantitative estimate of drug-likeness (QED) is 0.868. The predicted molar refractivity (Wildman–Crippen MR) is 79.2 cm³/mol. The Hall–Kier alpha value is -0.970. The van der Waals surface area contributed by atoms with Crippen molar-refractivity contribution in [3.8, 4) is 10.6 Å². The fraction of sp³-hybridized carbons (Fsp3) is 0.357. The molecule has 0 bridgehead atoms. The minimum atomic E-state index is -0.409. The number of aromatic nitrogens is 1. The lowest BCUT2D eigenvalue weighted by Crippen LogP contribution is -2.19. The largest absolute Gasteiger partial charge is 0.309 e. The van der Waals surface area contributed by atoms with E-state index in [2.05, 4.69) is 24.1 Å². The van der Waals surface area contributed by atoms with Crippen LogP contribution in [-0.2, 0) is 0 Å². The van der Waals surface area contributed by atoms with Gasteiger partial charge in [0.05, 0.1) is 10.7 Å². The van der Waals surface area contributed by atoms with Gasteiger partial charge in [-0.3, -0.25) is 0 Å². The second-order valence-corrected chi connectivity index (χ2v) is 5.65. The summed E-state index contributed by atoms with van der Waals surface area (Å²) in [7, 11) is 0. The standard InChI is InChI=1S/C14H16ClFN2S/c1-3-6-17-9(2)13-8-19-14(18-13)10-4-5-11(15)12(16)7-10/h4-5,7-9,17H,3,6H2,1-2H3. The fourth-order valence-electron chi connectivity index (χ4n) is 1.71.